The first kappa shape index (κ1) is 21.1. The van der Waals surface area contributed by atoms with E-state index in [-0.39, 0.29) is 28.8 Å². The van der Waals surface area contributed by atoms with Crippen LogP contribution in [0.2, 0.25) is 0 Å². The van der Waals surface area contributed by atoms with Crippen molar-refractivity contribution in [1.82, 2.24) is 14.5 Å². The third kappa shape index (κ3) is 3.92. The second-order valence-electron chi connectivity index (χ2n) is 8.59. The molecule has 0 aromatic heterocycles. The van der Waals surface area contributed by atoms with Gasteiger partial charge in [0.2, 0.25) is 10.0 Å². The minimum atomic E-state index is -3.65. The largest absolute Gasteiger partial charge is 0.449 e. The highest BCUT2D eigenvalue weighted by molar-refractivity contribution is 7.89. The van der Waals surface area contributed by atoms with Gasteiger partial charge in [-0.15, -0.1) is 0 Å². The zero-order valence-corrected chi connectivity index (χ0v) is 18.3. The van der Waals surface area contributed by atoms with E-state index in [9.17, 15) is 18.0 Å². The van der Waals surface area contributed by atoms with E-state index >= 15 is 0 Å². The second kappa shape index (κ2) is 8.19. The van der Waals surface area contributed by atoms with E-state index in [1.54, 1.807) is 21.3 Å². The number of alkyl carbamates (subject to hydrolysis) is 1. The number of nitrogens with one attached hydrogen (secondary N) is 1. The lowest BCUT2D eigenvalue weighted by Crippen LogP contribution is -2.58. The molecule has 3 saturated heterocycles. The van der Waals surface area contributed by atoms with Gasteiger partial charge in [-0.25, -0.2) is 13.2 Å². The molecule has 1 aromatic carbocycles. The number of piperidine rings is 2. The van der Waals surface area contributed by atoms with Crippen LogP contribution in [-0.2, 0) is 14.8 Å². The quantitative estimate of drug-likeness (QED) is 0.785. The maximum Gasteiger partial charge on any atom is 0.407 e. The number of likely N-dealkylation sites (tertiary alicyclic amines) is 1. The number of aryl methyl sites for hydroxylation is 1. The van der Waals surface area contributed by atoms with Gasteiger partial charge in [-0.2, -0.15) is 4.31 Å². The van der Waals surface area contributed by atoms with Crippen molar-refractivity contribution < 1.29 is 22.7 Å². The Bertz CT molecular complexity index is 948. The van der Waals surface area contributed by atoms with Gasteiger partial charge in [0.1, 0.15) is 0 Å². The number of cyclic esters (lactones) is 1. The van der Waals surface area contributed by atoms with Crippen LogP contribution in [0.15, 0.2) is 23.1 Å². The zero-order valence-electron chi connectivity index (χ0n) is 17.5. The molecule has 3 heterocycles. The number of hydrogen-bond donors (Lipinski definition) is 1. The molecule has 3 aliphatic heterocycles. The Morgan fingerprint density at radius 1 is 1.20 bits per heavy atom. The van der Waals surface area contributed by atoms with Gasteiger partial charge in [0.15, 0.2) is 0 Å². The molecule has 3 atom stereocenters. The Morgan fingerprint density at radius 3 is 2.77 bits per heavy atom. The van der Waals surface area contributed by atoms with Crippen LogP contribution in [0.4, 0.5) is 4.79 Å². The highest BCUT2D eigenvalue weighted by Gasteiger charge is 2.37. The summed E-state index contributed by atoms with van der Waals surface area (Å²) in [6.07, 6.45) is 3.02. The molecule has 30 heavy (non-hydrogen) atoms. The van der Waals surface area contributed by atoms with Gasteiger partial charge >= 0.3 is 6.09 Å². The number of ether oxygens (including phenoxy) is 1. The first-order chi connectivity index (χ1) is 14.3. The average molecular weight is 436 g/mol. The lowest BCUT2D eigenvalue weighted by atomic mass is 9.91. The first-order valence-electron chi connectivity index (χ1n) is 10.6. The third-order valence-corrected chi connectivity index (χ3v) is 8.57. The summed E-state index contributed by atoms with van der Waals surface area (Å²) in [4.78, 5) is 26.7. The monoisotopic (exact) mass is 435 g/mol. The Balaban J connectivity index is 1.57. The molecule has 0 saturated carbocycles. The van der Waals surface area contributed by atoms with Crippen molar-refractivity contribution in [2.75, 3.05) is 26.2 Å². The lowest BCUT2D eigenvalue weighted by molar-refractivity contribution is 0.0336. The van der Waals surface area contributed by atoms with Gasteiger partial charge in [0.05, 0.1) is 17.5 Å². The molecule has 0 radical (unpaired) electrons. The maximum atomic E-state index is 13.3. The van der Waals surface area contributed by atoms with Crippen molar-refractivity contribution in [2.24, 2.45) is 5.92 Å². The summed E-state index contributed by atoms with van der Waals surface area (Å²) in [5.41, 5.74) is 1.14. The van der Waals surface area contributed by atoms with Crippen LogP contribution in [0.5, 0.6) is 0 Å². The fourth-order valence-corrected chi connectivity index (χ4v) is 6.38. The van der Waals surface area contributed by atoms with Crippen LogP contribution in [0.25, 0.3) is 0 Å². The van der Waals surface area contributed by atoms with Crippen molar-refractivity contribution in [3.8, 4) is 0 Å². The highest BCUT2D eigenvalue weighted by atomic mass is 32.2. The van der Waals surface area contributed by atoms with Crippen LogP contribution in [0.3, 0.4) is 0 Å². The normalized spacial score (nSPS) is 27.7. The van der Waals surface area contributed by atoms with Gasteiger partial charge in [0, 0.05) is 37.2 Å². The number of carbonyl (C=O) groups is 2. The van der Waals surface area contributed by atoms with E-state index in [0.29, 0.717) is 31.8 Å². The number of hydrogen-bond acceptors (Lipinski definition) is 5. The standard InChI is InChI=1S/C21H29N3O5S/c1-14-6-7-17(30(27,28)24-9-4-3-5-15(24)2)11-18(14)20(25)23-10-8-16-13-29-21(26)22-19(16)12-23/h6-7,11,15-16,19H,3-5,8-10,12-13H2,1-2H3,(H,22,26)/t15-,16-,19+/m1/s1. The summed E-state index contributed by atoms with van der Waals surface area (Å²) in [6, 6.07) is 4.64. The number of nitrogens with zero attached hydrogens (tertiary/aromatic N) is 2. The molecule has 3 aliphatic rings. The molecular formula is C21H29N3O5S. The Labute approximate surface area is 177 Å². The van der Waals surface area contributed by atoms with Gasteiger partial charge in [-0.05, 0) is 50.8 Å². The van der Waals surface area contributed by atoms with Gasteiger partial charge in [-0.3, -0.25) is 4.79 Å². The molecule has 4 rings (SSSR count). The molecular weight excluding hydrogens is 406 g/mol. The van der Waals surface area contributed by atoms with Crippen LogP contribution in [0.1, 0.15) is 48.5 Å². The smallest absolute Gasteiger partial charge is 0.407 e. The minimum Gasteiger partial charge on any atom is -0.449 e. The summed E-state index contributed by atoms with van der Waals surface area (Å²) < 4.78 is 33.0. The summed E-state index contributed by atoms with van der Waals surface area (Å²) in [5.74, 6) is -0.00409. The molecule has 0 aliphatic carbocycles. The molecule has 8 nitrogen and oxygen atoms in total. The topological polar surface area (TPSA) is 96.0 Å². The van der Waals surface area contributed by atoms with Crippen molar-refractivity contribution in [1.29, 1.82) is 0 Å². The fourth-order valence-electron chi connectivity index (χ4n) is 4.65. The van der Waals surface area contributed by atoms with E-state index in [1.807, 2.05) is 13.8 Å². The van der Waals surface area contributed by atoms with E-state index in [1.165, 1.54) is 6.07 Å². The predicted octanol–water partition coefficient (Wildman–Crippen LogP) is 2.13. The maximum absolute atomic E-state index is 13.3. The number of rotatable bonds is 3. The summed E-state index contributed by atoms with van der Waals surface area (Å²) in [5, 5.41) is 2.80. The molecule has 164 valence electrons. The van der Waals surface area contributed by atoms with Gasteiger partial charge in [0.25, 0.3) is 5.91 Å². The lowest BCUT2D eigenvalue weighted by Gasteiger charge is -2.41. The Kier molecular flexibility index (Phi) is 5.76. The average Bonchev–Trinajstić information content (AvgIpc) is 2.73. The van der Waals surface area contributed by atoms with Gasteiger partial charge in [-0.1, -0.05) is 12.5 Å². The molecule has 1 N–H and O–H groups in total. The summed E-state index contributed by atoms with van der Waals surface area (Å²) in [7, 11) is -3.65. The molecule has 2 amide bonds. The third-order valence-electron chi connectivity index (χ3n) is 6.56. The van der Waals surface area contributed by atoms with Crippen molar-refractivity contribution in [3.63, 3.8) is 0 Å². The van der Waals surface area contributed by atoms with Crippen LogP contribution < -0.4 is 5.32 Å². The molecule has 3 fully saturated rings. The van der Waals surface area contributed by atoms with Crippen LogP contribution in [-0.4, -0.2) is 67.9 Å². The number of benzene rings is 1. The molecule has 0 spiro atoms. The van der Waals surface area contributed by atoms with Crippen LogP contribution >= 0.6 is 0 Å². The van der Waals surface area contributed by atoms with E-state index in [2.05, 4.69) is 5.32 Å². The van der Waals surface area contributed by atoms with Crippen molar-refractivity contribution >= 4 is 22.0 Å². The second-order valence-corrected chi connectivity index (χ2v) is 10.5. The Morgan fingerprint density at radius 2 is 2.00 bits per heavy atom. The molecule has 9 heteroatoms. The van der Waals surface area contributed by atoms with E-state index in [4.69, 9.17) is 4.74 Å². The summed E-state index contributed by atoms with van der Waals surface area (Å²) >= 11 is 0. The molecule has 0 bridgehead atoms. The van der Waals surface area contributed by atoms with E-state index < -0.39 is 16.1 Å². The van der Waals surface area contributed by atoms with Crippen LogP contribution in [0, 0.1) is 12.8 Å². The summed E-state index contributed by atoms with van der Waals surface area (Å²) in [6.45, 7) is 5.59. The van der Waals surface area contributed by atoms with Gasteiger partial charge < -0.3 is 15.0 Å². The SMILES string of the molecule is Cc1ccc(S(=O)(=O)N2CCCC[C@H]2C)cc1C(=O)N1CC[C@@H]2COC(=O)N[C@H]2C1. The number of sulfonamides is 1. The zero-order chi connectivity index (χ0) is 21.5. The number of fused-ring (bicyclic) bond motifs is 1. The first-order valence-corrected chi connectivity index (χ1v) is 12.1. The van der Waals surface area contributed by atoms with Crippen molar-refractivity contribution in [3.05, 3.63) is 29.3 Å². The molecule has 1 aromatic rings. The highest BCUT2D eigenvalue weighted by Crippen LogP contribution is 2.28. The van der Waals surface area contributed by atoms with Crippen molar-refractivity contribution in [2.45, 2.75) is 56.5 Å². The fraction of sp³-hybridized carbons (Fsp3) is 0.619. The Hall–Kier alpha value is -2.13. The predicted molar refractivity (Wildman–Crippen MR) is 111 cm³/mol. The van der Waals surface area contributed by atoms with E-state index in [0.717, 1.165) is 31.2 Å². The number of amides is 2. The number of carbonyl (C=O) groups excluding carboxylic acids is 2. The minimum absolute atomic E-state index is 0.0413. The molecule has 0 unspecified atom stereocenters.